The SMILES string of the molecule is COc1ccc(NC(=S)NCCc2cc[nH+]cc2)cc1. The third-order valence-corrected chi connectivity index (χ3v) is 3.08. The van der Waals surface area contributed by atoms with Crippen LogP contribution in [0.1, 0.15) is 5.56 Å². The number of pyridine rings is 1. The number of aromatic amines is 1. The smallest absolute Gasteiger partial charge is 0.170 e. The highest BCUT2D eigenvalue weighted by atomic mass is 32.1. The lowest BCUT2D eigenvalue weighted by Gasteiger charge is -2.10. The lowest BCUT2D eigenvalue weighted by molar-refractivity contribution is -0.378. The first-order valence-electron chi connectivity index (χ1n) is 6.42. The van der Waals surface area contributed by atoms with Crippen LogP contribution in [0.5, 0.6) is 5.75 Å². The van der Waals surface area contributed by atoms with Gasteiger partial charge < -0.3 is 15.4 Å². The summed E-state index contributed by atoms with van der Waals surface area (Å²) < 4.78 is 5.11. The van der Waals surface area contributed by atoms with E-state index in [0.29, 0.717) is 5.11 Å². The van der Waals surface area contributed by atoms with Crippen molar-refractivity contribution in [1.29, 1.82) is 0 Å². The van der Waals surface area contributed by atoms with Crippen LogP contribution in [-0.4, -0.2) is 18.8 Å². The molecular formula is C15H18N3OS+. The largest absolute Gasteiger partial charge is 0.497 e. The molecule has 0 radical (unpaired) electrons. The van der Waals surface area contributed by atoms with Crippen LogP contribution in [0, 0.1) is 0 Å². The van der Waals surface area contributed by atoms with Gasteiger partial charge in [-0.15, -0.1) is 0 Å². The maximum atomic E-state index is 5.25. The number of methoxy groups -OCH3 is 1. The fourth-order valence-corrected chi connectivity index (χ4v) is 1.98. The average molecular weight is 288 g/mol. The molecule has 3 N–H and O–H groups in total. The fraction of sp³-hybridized carbons (Fsp3) is 0.200. The van der Waals surface area contributed by atoms with Crippen molar-refractivity contribution in [3.63, 3.8) is 0 Å². The molecule has 0 fully saturated rings. The van der Waals surface area contributed by atoms with E-state index in [-0.39, 0.29) is 0 Å². The molecule has 5 heteroatoms. The molecule has 0 spiro atoms. The van der Waals surface area contributed by atoms with E-state index in [4.69, 9.17) is 17.0 Å². The van der Waals surface area contributed by atoms with Crippen LogP contribution < -0.4 is 20.4 Å². The second-order valence-corrected chi connectivity index (χ2v) is 4.68. The molecule has 2 rings (SSSR count). The summed E-state index contributed by atoms with van der Waals surface area (Å²) in [6, 6.07) is 11.8. The van der Waals surface area contributed by atoms with E-state index >= 15 is 0 Å². The highest BCUT2D eigenvalue weighted by molar-refractivity contribution is 7.80. The Balaban J connectivity index is 1.74. The van der Waals surface area contributed by atoms with Gasteiger partial charge in [-0.1, -0.05) is 0 Å². The Morgan fingerprint density at radius 2 is 1.85 bits per heavy atom. The highest BCUT2D eigenvalue weighted by Gasteiger charge is 1.99. The molecule has 1 aromatic carbocycles. The highest BCUT2D eigenvalue weighted by Crippen LogP contribution is 2.14. The second-order valence-electron chi connectivity index (χ2n) is 4.27. The molecule has 0 amide bonds. The number of hydrogen-bond donors (Lipinski definition) is 2. The van der Waals surface area contributed by atoms with Crippen molar-refractivity contribution in [3.05, 3.63) is 54.4 Å². The van der Waals surface area contributed by atoms with E-state index in [1.807, 2.05) is 36.7 Å². The Bertz CT molecular complexity index is 543. The van der Waals surface area contributed by atoms with Crippen LogP contribution in [0.25, 0.3) is 0 Å². The Hall–Kier alpha value is -2.14. The minimum absolute atomic E-state index is 0.623. The Morgan fingerprint density at radius 1 is 1.15 bits per heavy atom. The fourth-order valence-electron chi connectivity index (χ4n) is 1.76. The van der Waals surface area contributed by atoms with Gasteiger partial charge in [-0.05, 0) is 48.5 Å². The lowest BCUT2D eigenvalue weighted by Crippen LogP contribution is -2.30. The molecule has 0 aliphatic carbocycles. The van der Waals surface area contributed by atoms with E-state index in [0.717, 1.165) is 24.4 Å². The summed E-state index contributed by atoms with van der Waals surface area (Å²) in [6.45, 7) is 0.798. The molecule has 104 valence electrons. The zero-order valence-electron chi connectivity index (χ0n) is 11.3. The number of hydrogen-bond acceptors (Lipinski definition) is 2. The van der Waals surface area contributed by atoms with Gasteiger partial charge in [-0.2, -0.15) is 0 Å². The molecule has 0 saturated carbocycles. The number of aromatic nitrogens is 1. The molecule has 20 heavy (non-hydrogen) atoms. The molecule has 0 bridgehead atoms. The van der Waals surface area contributed by atoms with Gasteiger partial charge in [0.05, 0.1) is 7.11 Å². The molecule has 0 aliphatic heterocycles. The standard InChI is InChI=1S/C15H17N3OS/c1-19-14-4-2-13(3-5-14)18-15(20)17-11-8-12-6-9-16-10-7-12/h2-7,9-10H,8,11H2,1H3,(H2,17,18,20)/p+1. The molecule has 4 nitrogen and oxygen atoms in total. The van der Waals surface area contributed by atoms with E-state index in [1.165, 1.54) is 5.56 Å². The minimum Gasteiger partial charge on any atom is -0.497 e. The van der Waals surface area contributed by atoms with Crippen molar-refractivity contribution in [2.24, 2.45) is 0 Å². The van der Waals surface area contributed by atoms with Crippen molar-refractivity contribution >= 4 is 23.0 Å². The molecule has 1 heterocycles. The van der Waals surface area contributed by atoms with Gasteiger partial charge in [-0.25, -0.2) is 4.98 Å². The molecule has 0 unspecified atom stereocenters. The summed E-state index contributed by atoms with van der Waals surface area (Å²) in [5.41, 5.74) is 2.21. The molecule has 0 aliphatic rings. The quantitative estimate of drug-likeness (QED) is 0.827. The van der Waals surface area contributed by atoms with E-state index in [2.05, 4.69) is 27.8 Å². The van der Waals surface area contributed by atoms with Crippen LogP contribution in [0.4, 0.5) is 5.69 Å². The molecule has 1 aromatic heterocycles. The Morgan fingerprint density at radius 3 is 2.50 bits per heavy atom. The Labute approximate surface area is 124 Å². The molecular weight excluding hydrogens is 270 g/mol. The third-order valence-electron chi connectivity index (χ3n) is 2.83. The summed E-state index contributed by atoms with van der Waals surface area (Å²) in [6.07, 6.45) is 4.77. The van der Waals surface area contributed by atoms with Crippen molar-refractivity contribution in [2.75, 3.05) is 19.0 Å². The van der Waals surface area contributed by atoms with Gasteiger partial charge in [0.1, 0.15) is 5.75 Å². The molecule has 0 atom stereocenters. The number of H-pyrrole nitrogens is 1. The van der Waals surface area contributed by atoms with Crippen molar-refractivity contribution in [1.82, 2.24) is 5.32 Å². The van der Waals surface area contributed by atoms with Gasteiger partial charge in [0.25, 0.3) is 0 Å². The summed E-state index contributed by atoms with van der Waals surface area (Å²) >= 11 is 5.25. The van der Waals surface area contributed by atoms with Crippen LogP contribution in [0.15, 0.2) is 48.8 Å². The number of benzene rings is 1. The number of anilines is 1. The van der Waals surface area contributed by atoms with Crippen LogP contribution in [-0.2, 0) is 6.42 Å². The van der Waals surface area contributed by atoms with Gasteiger partial charge in [0.15, 0.2) is 17.5 Å². The average Bonchev–Trinajstić information content (AvgIpc) is 2.49. The molecule has 2 aromatic rings. The summed E-state index contributed by atoms with van der Waals surface area (Å²) in [7, 11) is 1.65. The second kappa shape index (κ2) is 7.45. The van der Waals surface area contributed by atoms with Gasteiger partial charge in [-0.3, -0.25) is 0 Å². The van der Waals surface area contributed by atoms with Crippen LogP contribution in [0.2, 0.25) is 0 Å². The van der Waals surface area contributed by atoms with Crippen molar-refractivity contribution in [2.45, 2.75) is 6.42 Å². The first-order valence-corrected chi connectivity index (χ1v) is 6.82. The summed E-state index contributed by atoms with van der Waals surface area (Å²) in [5, 5.41) is 6.95. The van der Waals surface area contributed by atoms with Crippen molar-refractivity contribution < 1.29 is 9.72 Å². The van der Waals surface area contributed by atoms with Gasteiger partial charge >= 0.3 is 0 Å². The first-order chi connectivity index (χ1) is 9.78. The number of nitrogens with one attached hydrogen (secondary N) is 3. The number of rotatable bonds is 5. The zero-order valence-corrected chi connectivity index (χ0v) is 12.2. The van der Waals surface area contributed by atoms with E-state index in [9.17, 15) is 0 Å². The maximum Gasteiger partial charge on any atom is 0.170 e. The van der Waals surface area contributed by atoms with E-state index in [1.54, 1.807) is 7.11 Å². The topological polar surface area (TPSA) is 47.4 Å². The predicted molar refractivity (Wildman–Crippen MR) is 83.9 cm³/mol. The summed E-state index contributed by atoms with van der Waals surface area (Å²) in [5.74, 6) is 0.829. The number of thiocarbonyl (C=S) groups is 1. The predicted octanol–water partition coefficient (Wildman–Crippen LogP) is 2.04. The van der Waals surface area contributed by atoms with Crippen molar-refractivity contribution in [3.8, 4) is 5.75 Å². The number of ether oxygens (including phenoxy) is 1. The van der Waals surface area contributed by atoms with E-state index < -0.39 is 0 Å². The monoisotopic (exact) mass is 288 g/mol. The van der Waals surface area contributed by atoms with Gasteiger partial charge in [0.2, 0.25) is 0 Å². The first kappa shape index (κ1) is 14.3. The lowest BCUT2D eigenvalue weighted by atomic mass is 10.2. The molecule has 0 saturated heterocycles. The maximum absolute atomic E-state index is 5.25. The van der Waals surface area contributed by atoms with Gasteiger partial charge in [0, 0.05) is 24.4 Å². The third kappa shape index (κ3) is 4.51. The summed E-state index contributed by atoms with van der Waals surface area (Å²) in [4.78, 5) is 3.01. The minimum atomic E-state index is 0.623. The Kier molecular flexibility index (Phi) is 5.32. The van der Waals surface area contributed by atoms with Crippen LogP contribution >= 0.6 is 12.2 Å². The van der Waals surface area contributed by atoms with Crippen LogP contribution in [0.3, 0.4) is 0 Å². The normalized spacial score (nSPS) is 9.85. The zero-order chi connectivity index (χ0) is 14.2.